The normalized spacial score (nSPS) is 11.8. The van der Waals surface area contributed by atoms with Crippen LogP contribution in [0.25, 0.3) is 144 Å². The summed E-state index contributed by atoms with van der Waals surface area (Å²) in [5.41, 5.74) is 13.8. The molecular formula is C66H40N6O. The zero-order valence-corrected chi connectivity index (χ0v) is 39.2. The molecule has 0 bridgehead atoms. The number of rotatable bonds is 7. The molecule has 7 heteroatoms. The topological polar surface area (TPSA) is 74.6 Å². The summed E-state index contributed by atoms with van der Waals surface area (Å²) in [6.07, 6.45) is 0. The first-order valence-electron chi connectivity index (χ1n) is 24.6. The summed E-state index contributed by atoms with van der Waals surface area (Å²) >= 11 is 0. The number of oxazole rings is 1. The van der Waals surface area contributed by atoms with Crippen LogP contribution in [0.3, 0.4) is 0 Å². The molecule has 340 valence electrons. The summed E-state index contributed by atoms with van der Waals surface area (Å²) in [4.78, 5) is 20.8. The molecule has 0 fully saturated rings. The van der Waals surface area contributed by atoms with Gasteiger partial charge in [0.05, 0.1) is 27.8 Å². The third kappa shape index (κ3) is 6.39. The van der Waals surface area contributed by atoms with E-state index in [2.05, 4.69) is 185 Å². The van der Waals surface area contributed by atoms with Crippen molar-refractivity contribution >= 4 is 76.3 Å². The number of hydrogen-bond acceptors (Lipinski definition) is 5. The minimum Gasteiger partial charge on any atom is -0.434 e. The Morgan fingerprint density at radius 1 is 0.288 bits per heavy atom. The molecule has 0 saturated heterocycles. The van der Waals surface area contributed by atoms with Gasteiger partial charge >= 0.3 is 0 Å². The van der Waals surface area contributed by atoms with Crippen LogP contribution >= 0.6 is 0 Å². The van der Waals surface area contributed by atoms with Crippen molar-refractivity contribution in [3.8, 4) is 68.1 Å². The molecule has 0 spiro atoms. The first-order valence-corrected chi connectivity index (χ1v) is 24.6. The van der Waals surface area contributed by atoms with Crippen molar-refractivity contribution in [1.29, 1.82) is 0 Å². The van der Waals surface area contributed by atoms with Crippen LogP contribution in [0.1, 0.15) is 0 Å². The SMILES string of the molecule is c1ccc(-c2nc(-c3ccccc3)nc(-n3c4ccccc4c4ccc5c6ccccc6n(-c6cccc7nc(-c8ccc(-c9c%10ccccc%10c(-c%10ccccc%10)c%10ccccc9%10)cc8)oc67)c5c43)n2)cc1. The van der Waals surface area contributed by atoms with Gasteiger partial charge in [-0.05, 0) is 80.2 Å². The monoisotopic (exact) mass is 932 g/mol. The summed E-state index contributed by atoms with van der Waals surface area (Å²) in [6, 6.07) is 85.1. The molecule has 11 aromatic carbocycles. The van der Waals surface area contributed by atoms with Gasteiger partial charge in [-0.15, -0.1) is 0 Å². The Labute approximate surface area is 418 Å². The number of nitrogens with zero attached hydrogens (tertiary/aromatic N) is 6. The van der Waals surface area contributed by atoms with Gasteiger partial charge in [0.15, 0.2) is 17.2 Å². The molecule has 15 rings (SSSR count). The van der Waals surface area contributed by atoms with E-state index in [1.165, 1.54) is 38.2 Å². The van der Waals surface area contributed by atoms with E-state index < -0.39 is 0 Å². The highest BCUT2D eigenvalue weighted by atomic mass is 16.3. The maximum absolute atomic E-state index is 7.00. The fourth-order valence-electron chi connectivity index (χ4n) is 11.2. The van der Waals surface area contributed by atoms with Crippen LogP contribution in [0.5, 0.6) is 0 Å². The Balaban J connectivity index is 0.931. The van der Waals surface area contributed by atoms with E-state index in [4.69, 9.17) is 24.4 Å². The number of para-hydroxylation sites is 3. The molecule has 7 nitrogen and oxygen atoms in total. The Morgan fingerprint density at radius 2 is 0.712 bits per heavy atom. The van der Waals surface area contributed by atoms with Crippen molar-refractivity contribution in [3.05, 3.63) is 243 Å². The standard InChI is InChI=1S/C66H40N6O/c1-4-19-41(20-5-1)58-48-27-10-12-29-50(48)59(51-30-13-11-28-49(51)58)42-35-37-45(38-36-42)65-67-54-31-18-34-57(62(54)73-65)71-55-32-16-14-25-46(55)52-39-40-53-47-26-15-17-33-56(47)72(61(53)60(52)71)66-69-63(43-21-6-2-7-22-43)68-64(70-66)44-23-8-3-9-24-44/h1-40H. The van der Waals surface area contributed by atoms with E-state index in [0.29, 0.717) is 29.1 Å². The zero-order chi connectivity index (χ0) is 48.0. The van der Waals surface area contributed by atoms with Crippen LogP contribution in [-0.4, -0.2) is 29.1 Å². The van der Waals surface area contributed by atoms with E-state index in [0.717, 1.165) is 77.1 Å². The molecule has 15 aromatic rings. The van der Waals surface area contributed by atoms with Crippen molar-refractivity contribution in [1.82, 2.24) is 29.1 Å². The van der Waals surface area contributed by atoms with Crippen molar-refractivity contribution < 1.29 is 4.42 Å². The Bertz CT molecular complexity index is 4540. The molecule has 0 unspecified atom stereocenters. The summed E-state index contributed by atoms with van der Waals surface area (Å²) in [6.45, 7) is 0. The van der Waals surface area contributed by atoms with Crippen molar-refractivity contribution in [2.45, 2.75) is 0 Å². The second-order valence-electron chi connectivity index (χ2n) is 18.5. The van der Waals surface area contributed by atoms with Gasteiger partial charge in [0.25, 0.3) is 0 Å². The lowest BCUT2D eigenvalue weighted by molar-refractivity contribution is 0.618. The van der Waals surface area contributed by atoms with Gasteiger partial charge in [-0.1, -0.05) is 206 Å². The highest BCUT2D eigenvalue weighted by Gasteiger charge is 2.25. The molecule has 0 radical (unpaired) electrons. The lowest BCUT2D eigenvalue weighted by atomic mass is 9.86. The summed E-state index contributed by atoms with van der Waals surface area (Å²) in [5.74, 6) is 2.27. The maximum Gasteiger partial charge on any atom is 0.238 e. The summed E-state index contributed by atoms with van der Waals surface area (Å²) in [7, 11) is 0. The average molecular weight is 933 g/mol. The van der Waals surface area contributed by atoms with Gasteiger partial charge in [-0.25, -0.2) is 9.97 Å². The number of hydrogen-bond donors (Lipinski definition) is 0. The molecule has 0 aliphatic heterocycles. The fraction of sp³-hybridized carbons (Fsp3) is 0. The van der Waals surface area contributed by atoms with Gasteiger partial charge in [-0.2, -0.15) is 9.97 Å². The van der Waals surface area contributed by atoms with E-state index in [-0.39, 0.29) is 0 Å². The van der Waals surface area contributed by atoms with Crippen LogP contribution in [0.2, 0.25) is 0 Å². The highest BCUT2D eigenvalue weighted by molar-refractivity contribution is 6.24. The van der Waals surface area contributed by atoms with E-state index in [9.17, 15) is 0 Å². The number of aromatic nitrogens is 6. The lowest BCUT2D eigenvalue weighted by Crippen LogP contribution is -2.07. The van der Waals surface area contributed by atoms with Gasteiger partial charge < -0.3 is 8.98 Å². The van der Waals surface area contributed by atoms with E-state index in [1.807, 2.05) is 66.7 Å². The minimum absolute atomic E-state index is 0.528. The number of benzene rings is 11. The Hall–Kier alpha value is -9.98. The molecule has 73 heavy (non-hydrogen) atoms. The quantitative estimate of drug-likeness (QED) is 0.149. The first-order chi connectivity index (χ1) is 36.2. The summed E-state index contributed by atoms with van der Waals surface area (Å²) in [5, 5.41) is 9.25. The van der Waals surface area contributed by atoms with Crippen molar-refractivity contribution in [2.75, 3.05) is 0 Å². The fourth-order valence-corrected chi connectivity index (χ4v) is 11.2. The first kappa shape index (κ1) is 40.9. The molecule has 0 atom stereocenters. The molecule has 0 aliphatic carbocycles. The van der Waals surface area contributed by atoms with Gasteiger partial charge in [0.1, 0.15) is 5.52 Å². The van der Waals surface area contributed by atoms with E-state index in [1.54, 1.807) is 0 Å². The van der Waals surface area contributed by atoms with Crippen LogP contribution in [0, 0.1) is 0 Å². The third-order valence-corrected chi connectivity index (χ3v) is 14.4. The maximum atomic E-state index is 7.00. The number of fused-ring (bicyclic) bond motifs is 10. The minimum atomic E-state index is 0.528. The molecule has 0 N–H and O–H groups in total. The van der Waals surface area contributed by atoms with Crippen molar-refractivity contribution in [2.24, 2.45) is 0 Å². The highest BCUT2D eigenvalue weighted by Crippen LogP contribution is 2.46. The van der Waals surface area contributed by atoms with Crippen LogP contribution in [0.15, 0.2) is 247 Å². The Morgan fingerprint density at radius 3 is 1.25 bits per heavy atom. The predicted octanol–water partition coefficient (Wildman–Crippen LogP) is 16.8. The largest absolute Gasteiger partial charge is 0.434 e. The third-order valence-electron chi connectivity index (χ3n) is 14.4. The molecule has 4 aromatic heterocycles. The molecule has 0 saturated carbocycles. The molecule has 0 aliphatic rings. The molecule has 0 amide bonds. The Kier molecular flexibility index (Phi) is 9.13. The van der Waals surface area contributed by atoms with Crippen LogP contribution in [0.4, 0.5) is 0 Å². The molecular weight excluding hydrogens is 893 g/mol. The second-order valence-corrected chi connectivity index (χ2v) is 18.5. The summed E-state index contributed by atoms with van der Waals surface area (Å²) < 4.78 is 11.6. The lowest BCUT2D eigenvalue weighted by Gasteiger charge is -2.17. The predicted molar refractivity (Wildman–Crippen MR) is 298 cm³/mol. The average Bonchev–Trinajstić information content (AvgIpc) is 4.16. The molecule has 4 heterocycles. The van der Waals surface area contributed by atoms with Crippen LogP contribution in [-0.2, 0) is 0 Å². The van der Waals surface area contributed by atoms with E-state index >= 15 is 0 Å². The van der Waals surface area contributed by atoms with Crippen LogP contribution < -0.4 is 0 Å². The zero-order valence-electron chi connectivity index (χ0n) is 39.2. The smallest absolute Gasteiger partial charge is 0.238 e. The second kappa shape index (κ2) is 16.3. The van der Waals surface area contributed by atoms with Crippen molar-refractivity contribution in [3.63, 3.8) is 0 Å². The van der Waals surface area contributed by atoms with Gasteiger partial charge in [-0.3, -0.25) is 4.57 Å². The van der Waals surface area contributed by atoms with Gasteiger partial charge in [0, 0.05) is 38.2 Å². The van der Waals surface area contributed by atoms with Gasteiger partial charge in [0.2, 0.25) is 11.8 Å².